The number of fused-ring (bicyclic) bond motifs is 1. The molecule has 0 aliphatic carbocycles. The summed E-state index contributed by atoms with van der Waals surface area (Å²) in [4.78, 5) is 41.4. The zero-order valence-corrected chi connectivity index (χ0v) is 15.1. The van der Waals surface area contributed by atoms with E-state index in [1.807, 2.05) is 48.5 Å². The van der Waals surface area contributed by atoms with Gasteiger partial charge in [-0.2, -0.15) is 0 Å². The van der Waals surface area contributed by atoms with Crippen LogP contribution in [0.3, 0.4) is 0 Å². The lowest BCUT2D eigenvalue weighted by Gasteiger charge is -2.13. The van der Waals surface area contributed by atoms with Crippen molar-refractivity contribution in [3.8, 4) is 0 Å². The second kappa shape index (κ2) is 7.56. The molecule has 2 heterocycles. The summed E-state index contributed by atoms with van der Waals surface area (Å²) in [5, 5.41) is 6.33. The molecule has 1 aromatic heterocycles. The highest BCUT2D eigenvalue weighted by molar-refractivity contribution is 6.08. The van der Waals surface area contributed by atoms with E-state index < -0.39 is 12.1 Å². The van der Waals surface area contributed by atoms with E-state index in [-0.39, 0.29) is 24.8 Å². The predicted molar refractivity (Wildman–Crippen MR) is 106 cm³/mol. The molecule has 1 fully saturated rings. The van der Waals surface area contributed by atoms with Crippen molar-refractivity contribution >= 4 is 34.4 Å². The quantitative estimate of drug-likeness (QED) is 0.577. The number of amides is 4. The molecule has 1 saturated heterocycles. The first-order valence-corrected chi connectivity index (χ1v) is 9.13. The first-order valence-electron chi connectivity index (χ1n) is 9.13. The maximum atomic E-state index is 12.6. The Hall–Kier alpha value is -3.61. The molecular formula is C21H20N4O3. The monoisotopic (exact) mass is 376 g/mol. The summed E-state index contributed by atoms with van der Waals surface area (Å²) in [7, 11) is 0. The van der Waals surface area contributed by atoms with Crippen LogP contribution in [0.4, 0.5) is 10.5 Å². The SMILES string of the molecule is O=C(C[C@@H]1NC(=O)N(CCc2ccccc2)C1=O)Nc1cccc2[nH]ccc12. The number of hydrogen-bond donors (Lipinski definition) is 3. The van der Waals surface area contributed by atoms with Gasteiger partial charge in [0.25, 0.3) is 5.91 Å². The van der Waals surface area contributed by atoms with Crippen LogP contribution < -0.4 is 10.6 Å². The summed E-state index contributed by atoms with van der Waals surface area (Å²) in [6.07, 6.45) is 2.27. The van der Waals surface area contributed by atoms with E-state index in [4.69, 9.17) is 0 Å². The van der Waals surface area contributed by atoms with Gasteiger partial charge in [0.05, 0.1) is 12.1 Å². The fourth-order valence-corrected chi connectivity index (χ4v) is 3.39. The molecule has 3 aromatic rings. The third-order valence-electron chi connectivity index (χ3n) is 4.83. The first kappa shape index (κ1) is 17.8. The van der Waals surface area contributed by atoms with Gasteiger partial charge in [-0.3, -0.25) is 14.5 Å². The molecule has 1 aliphatic rings. The number of urea groups is 1. The molecule has 1 aliphatic heterocycles. The van der Waals surface area contributed by atoms with Gasteiger partial charge >= 0.3 is 6.03 Å². The Bertz CT molecular complexity index is 1030. The molecule has 3 N–H and O–H groups in total. The van der Waals surface area contributed by atoms with Crippen molar-refractivity contribution in [1.82, 2.24) is 15.2 Å². The van der Waals surface area contributed by atoms with Crippen molar-refractivity contribution < 1.29 is 14.4 Å². The van der Waals surface area contributed by atoms with Gasteiger partial charge in [0.2, 0.25) is 5.91 Å². The van der Waals surface area contributed by atoms with Crippen molar-refractivity contribution in [3.63, 3.8) is 0 Å². The van der Waals surface area contributed by atoms with Crippen LogP contribution in [-0.2, 0) is 16.0 Å². The number of rotatable bonds is 6. The van der Waals surface area contributed by atoms with Crippen LogP contribution in [0.1, 0.15) is 12.0 Å². The van der Waals surface area contributed by atoms with E-state index >= 15 is 0 Å². The van der Waals surface area contributed by atoms with Crippen LogP contribution in [0, 0.1) is 0 Å². The van der Waals surface area contributed by atoms with Crippen molar-refractivity contribution in [1.29, 1.82) is 0 Å². The summed E-state index contributed by atoms with van der Waals surface area (Å²) in [6, 6.07) is 15.8. The van der Waals surface area contributed by atoms with Gasteiger partial charge in [-0.1, -0.05) is 36.4 Å². The molecule has 7 heteroatoms. The molecule has 4 amide bonds. The number of aromatic amines is 1. The number of anilines is 1. The number of carbonyl (C=O) groups is 3. The second-order valence-corrected chi connectivity index (χ2v) is 6.72. The highest BCUT2D eigenvalue weighted by Gasteiger charge is 2.38. The van der Waals surface area contributed by atoms with Crippen molar-refractivity contribution in [2.24, 2.45) is 0 Å². The van der Waals surface area contributed by atoms with Gasteiger partial charge in [-0.15, -0.1) is 0 Å². The highest BCUT2D eigenvalue weighted by atomic mass is 16.2. The molecular weight excluding hydrogens is 356 g/mol. The largest absolute Gasteiger partial charge is 0.361 e. The summed E-state index contributed by atoms with van der Waals surface area (Å²) >= 11 is 0. The standard InChI is InChI=1S/C21H20N4O3/c26-19(23-17-8-4-7-16-15(17)9-11-22-16)13-18-20(27)25(21(28)24-18)12-10-14-5-2-1-3-6-14/h1-9,11,18,22H,10,12-13H2,(H,23,26)(H,24,28)/t18-/m0/s1. The molecule has 4 rings (SSSR count). The lowest BCUT2D eigenvalue weighted by atomic mass is 10.1. The topological polar surface area (TPSA) is 94.3 Å². The first-order chi connectivity index (χ1) is 13.6. The molecule has 1 atom stereocenters. The van der Waals surface area contributed by atoms with Gasteiger partial charge < -0.3 is 15.6 Å². The number of H-pyrrole nitrogens is 1. The molecule has 2 aromatic carbocycles. The molecule has 28 heavy (non-hydrogen) atoms. The van der Waals surface area contributed by atoms with E-state index in [9.17, 15) is 14.4 Å². The zero-order valence-electron chi connectivity index (χ0n) is 15.1. The molecule has 0 saturated carbocycles. The van der Waals surface area contributed by atoms with Crippen LogP contribution >= 0.6 is 0 Å². The third-order valence-corrected chi connectivity index (χ3v) is 4.83. The number of nitrogens with one attached hydrogen (secondary N) is 3. The molecule has 142 valence electrons. The van der Waals surface area contributed by atoms with E-state index in [1.165, 1.54) is 4.90 Å². The van der Waals surface area contributed by atoms with Crippen LogP contribution in [0.5, 0.6) is 0 Å². The maximum Gasteiger partial charge on any atom is 0.324 e. The van der Waals surface area contributed by atoms with Crippen LogP contribution in [0.15, 0.2) is 60.8 Å². The maximum absolute atomic E-state index is 12.6. The number of aromatic nitrogens is 1. The summed E-state index contributed by atoms with van der Waals surface area (Å²) in [6.45, 7) is 0.287. The molecule has 0 bridgehead atoms. The fraction of sp³-hybridized carbons (Fsp3) is 0.190. The highest BCUT2D eigenvalue weighted by Crippen LogP contribution is 2.22. The van der Waals surface area contributed by atoms with Crippen LogP contribution in [0.25, 0.3) is 10.9 Å². The van der Waals surface area contributed by atoms with Gasteiger partial charge in [0.1, 0.15) is 6.04 Å². The van der Waals surface area contributed by atoms with E-state index in [1.54, 1.807) is 12.3 Å². The minimum absolute atomic E-state index is 0.104. The van der Waals surface area contributed by atoms with Crippen molar-refractivity contribution in [2.75, 3.05) is 11.9 Å². The Morgan fingerprint density at radius 2 is 1.86 bits per heavy atom. The van der Waals surface area contributed by atoms with E-state index in [0.717, 1.165) is 16.5 Å². The molecule has 0 spiro atoms. The number of carbonyl (C=O) groups excluding carboxylic acids is 3. The molecule has 7 nitrogen and oxygen atoms in total. The third kappa shape index (κ3) is 3.59. The van der Waals surface area contributed by atoms with Crippen molar-refractivity contribution in [3.05, 3.63) is 66.4 Å². The summed E-state index contributed by atoms with van der Waals surface area (Å²) in [5.41, 5.74) is 2.63. The zero-order chi connectivity index (χ0) is 19.5. The Labute approximate surface area is 161 Å². The molecule has 0 radical (unpaired) electrons. The Kier molecular flexibility index (Phi) is 4.80. The second-order valence-electron chi connectivity index (χ2n) is 6.72. The van der Waals surface area contributed by atoms with Gasteiger partial charge in [0, 0.05) is 23.6 Å². The van der Waals surface area contributed by atoms with Crippen LogP contribution in [0.2, 0.25) is 0 Å². The van der Waals surface area contributed by atoms with Gasteiger partial charge in [-0.05, 0) is 30.2 Å². The minimum atomic E-state index is -0.839. The van der Waals surface area contributed by atoms with Crippen LogP contribution in [-0.4, -0.2) is 40.3 Å². The summed E-state index contributed by atoms with van der Waals surface area (Å²) < 4.78 is 0. The summed E-state index contributed by atoms with van der Waals surface area (Å²) in [5.74, 6) is -0.687. The molecule has 0 unspecified atom stereocenters. The normalized spacial score (nSPS) is 16.4. The lowest BCUT2D eigenvalue weighted by molar-refractivity contribution is -0.129. The number of imide groups is 1. The predicted octanol–water partition coefficient (Wildman–Crippen LogP) is 2.66. The average Bonchev–Trinajstić information content (AvgIpc) is 3.27. The number of hydrogen-bond acceptors (Lipinski definition) is 3. The minimum Gasteiger partial charge on any atom is -0.361 e. The Morgan fingerprint density at radius 1 is 1.04 bits per heavy atom. The number of nitrogens with zero attached hydrogens (tertiary/aromatic N) is 1. The number of benzene rings is 2. The van der Waals surface area contributed by atoms with Gasteiger partial charge in [0.15, 0.2) is 0 Å². The van der Waals surface area contributed by atoms with Gasteiger partial charge in [-0.25, -0.2) is 4.79 Å². The average molecular weight is 376 g/mol. The lowest BCUT2D eigenvalue weighted by Crippen LogP contribution is -2.34. The smallest absolute Gasteiger partial charge is 0.324 e. The Morgan fingerprint density at radius 3 is 2.68 bits per heavy atom. The van der Waals surface area contributed by atoms with E-state index in [0.29, 0.717) is 12.1 Å². The van der Waals surface area contributed by atoms with E-state index in [2.05, 4.69) is 15.6 Å². The Balaban J connectivity index is 1.37. The van der Waals surface area contributed by atoms with Crippen molar-refractivity contribution in [2.45, 2.75) is 18.9 Å². The fourth-order valence-electron chi connectivity index (χ4n) is 3.39.